The van der Waals surface area contributed by atoms with Gasteiger partial charge in [0.15, 0.2) is 0 Å². The Hall–Kier alpha value is -0.300. The fraction of sp³-hybridized carbons (Fsp3) is 0.800. The molecule has 0 saturated carbocycles. The van der Waals surface area contributed by atoms with E-state index in [-0.39, 0.29) is 6.10 Å². The van der Waals surface area contributed by atoms with Gasteiger partial charge in [0.1, 0.15) is 0 Å². The van der Waals surface area contributed by atoms with Crippen molar-refractivity contribution in [3.05, 3.63) is 12.7 Å². The first-order valence-electron chi connectivity index (χ1n) is 4.60. The maximum atomic E-state index is 9.28. The number of hydrogen-bond acceptors (Lipinski definition) is 1. The van der Waals surface area contributed by atoms with E-state index in [1.54, 1.807) is 6.08 Å². The van der Waals surface area contributed by atoms with Crippen LogP contribution in [0.15, 0.2) is 12.7 Å². The highest BCUT2D eigenvalue weighted by Crippen LogP contribution is 2.07. The lowest BCUT2D eigenvalue weighted by molar-refractivity contribution is 0.164. The standard InChI is InChI=1S/C10H20O/c1-3-5-6-7-9-10(11)8-4-2/h4,10-11H,2-3,5-9H2,1H3/t10-/m1/s1. The van der Waals surface area contributed by atoms with Gasteiger partial charge >= 0.3 is 0 Å². The average Bonchev–Trinajstić information content (AvgIpc) is 1.99. The molecule has 0 aliphatic carbocycles. The zero-order chi connectivity index (χ0) is 8.53. The third-order valence-electron chi connectivity index (χ3n) is 1.83. The third-order valence-corrected chi connectivity index (χ3v) is 1.83. The molecule has 0 aromatic rings. The molecule has 0 rings (SSSR count). The zero-order valence-electron chi connectivity index (χ0n) is 7.55. The summed E-state index contributed by atoms with van der Waals surface area (Å²) in [6, 6.07) is 0. The van der Waals surface area contributed by atoms with Crippen molar-refractivity contribution >= 4 is 0 Å². The van der Waals surface area contributed by atoms with E-state index in [4.69, 9.17) is 0 Å². The van der Waals surface area contributed by atoms with Crippen LogP contribution >= 0.6 is 0 Å². The molecule has 0 amide bonds. The molecule has 0 aromatic heterocycles. The van der Waals surface area contributed by atoms with Gasteiger partial charge in [0.25, 0.3) is 0 Å². The number of hydrogen-bond donors (Lipinski definition) is 1. The Morgan fingerprint density at radius 1 is 1.36 bits per heavy atom. The maximum absolute atomic E-state index is 9.28. The van der Waals surface area contributed by atoms with E-state index in [1.807, 2.05) is 0 Å². The summed E-state index contributed by atoms with van der Waals surface area (Å²) >= 11 is 0. The summed E-state index contributed by atoms with van der Waals surface area (Å²) in [5.74, 6) is 0. The van der Waals surface area contributed by atoms with Crippen LogP contribution in [0.3, 0.4) is 0 Å². The van der Waals surface area contributed by atoms with Gasteiger partial charge in [-0.05, 0) is 12.8 Å². The molecule has 0 bridgehead atoms. The summed E-state index contributed by atoms with van der Waals surface area (Å²) < 4.78 is 0. The Labute approximate surface area is 70.1 Å². The van der Waals surface area contributed by atoms with Gasteiger partial charge in [-0.15, -0.1) is 6.58 Å². The predicted molar refractivity (Wildman–Crippen MR) is 49.6 cm³/mol. The van der Waals surface area contributed by atoms with Crippen molar-refractivity contribution in [2.75, 3.05) is 0 Å². The summed E-state index contributed by atoms with van der Waals surface area (Å²) in [5, 5.41) is 9.28. The van der Waals surface area contributed by atoms with Crippen LogP contribution in [0.4, 0.5) is 0 Å². The molecular weight excluding hydrogens is 136 g/mol. The summed E-state index contributed by atoms with van der Waals surface area (Å²) in [6.07, 6.45) is 8.28. The molecule has 1 N–H and O–H groups in total. The molecule has 0 aromatic carbocycles. The van der Waals surface area contributed by atoms with Gasteiger partial charge in [-0.3, -0.25) is 0 Å². The number of aliphatic hydroxyl groups is 1. The first-order chi connectivity index (χ1) is 5.31. The molecule has 11 heavy (non-hydrogen) atoms. The molecule has 1 atom stereocenters. The van der Waals surface area contributed by atoms with Gasteiger partial charge in [-0.1, -0.05) is 38.7 Å². The molecule has 0 aliphatic heterocycles. The monoisotopic (exact) mass is 156 g/mol. The molecule has 1 heteroatoms. The summed E-state index contributed by atoms with van der Waals surface area (Å²) in [7, 11) is 0. The molecule has 0 saturated heterocycles. The van der Waals surface area contributed by atoms with Crippen molar-refractivity contribution in [1.29, 1.82) is 0 Å². The molecule has 66 valence electrons. The lowest BCUT2D eigenvalue weighted by Crippen LogP contribution is -2.03. The van der Waals surface area contributed by atoms with E-state index < -0.39 is 0 Å². The summed E-state index contributed by atoms with van der Waals surface area (Å²) in [6.45, 7) is 5.78. The minimum absolute atomic E-state index is 0.149. The second-order valence-corrected chi connectivity index (χ2v) is 3.03. The highest BCUT2D eigenvalue weighted by atomic mass is 16.3. The Morgan fingerprint density at radius 2 is 2.09 bits per heavy atom. The van der Waals surface area contributed by atoms with E-state index >= 15 is 0 Å². The van der Waals surface area contributed by atoms with E-state index in [9.17, 15) is 5.11 Å². The van der Waals surface area contributed by atoms with Gasteiger partial charge in [-0.2, -0.15) is 0 Å². The van der Waals surface area contributed by atoms with E-state index in [0.29, 0.717) is 0 Å². The lowest BCUT2D eigenvalue weighted by Gasteiger charge is -2.06. The van der Waals surface area contributed by atoms with Gasteiger partial charge in [0, 0.05) is 0 Å². The number of unbranched alkanes of at least 4 members (excludes halogenated alkanes) is 3. The third kappa shape index (κ3) is 7.60. The molecule has 0 spiro atoms. The second kappa shape index (κ2) is 7.80. The fourth-order valence-electron chi connectivity index (χ4n) is 1.12. The van der Waals surface area contributed by atoms with Crippen molar-refractivity contribution in [2.45, 2.75) is 51.6 Å². The van der Waals surface area contributed by atoms with Crippen LogP contribution in [-0.2, 0) is 0 Å². The lowest BCUT2D eigenvalue weighted by atomic mass is 10.1. The zero-order valence-corrected chi connectivity index (χ0v) is 7.55. The van der Waals surface area contributed by atoms with Gasteiger partial charge in [-0.25, -0.2) is 0 Å². The minimum atomic E-state index is -0.149. The minimum Gasteiger partial charge on any atom is -0.393 e. The first kappa shape index (κ1) is 10.7. The van der Waals surface area contributed by atoms with Crippen LogP contribution < -0.4 is 0 Å². The molecular formula is C10H20O. The average molecular weight is 156 g/mol. The molecule has 1 nitrogen and oxygen atoms in total. The molecule has 0 radical (unpaired) electrons. The molecule has 0 fully saturated rings. The van der Waals surface area contributed by atoms with Crippen molar-refractivity contribution in [1.82, 2.24) is 0 Å². The van der Waals surface area contributed by atoms with Crippen molar-refractivity contribution in [2.24, 2.45) is 0 Å². The molecule has 0 heterocycles. The van der Waals surface area contributed by atoms with E-state index in [2.05, 4.69) is 13.5 Å². The molecule has 0 unspecified atom stereocenters. The van der Waals surface area contributed by atoms with Crippen LogP contribution in [-0.4, -0.2) is 11.2 Å². The highest BCUT2D eigenvalue weighted by Gasteiger charge is 1.99. The van der Waals surface area contributed by atoms with Crippen LogP contribution in [0.5, 0.6) is 0 Å². The predicted octanol–water partition coefficient (Wildman–Crippen LogP) is 2.89. The van der Waals surface area contributed by atoms with Crippen molar-refractivity contribution in [3.63, 3.8) is 0 Å². The first-order valence-corrected chi connectivity index (χ1v) is 4.60. The summed E-state index contributed by atoms with van der Waals surface area (Å²) in [5.41, 5.74) is 0. The van der Waals surface area contributed by atoms with Crippen molar-refractivity contribution in [3.8, 4) is 0 Å². The Balaban J connectivity index is 3.03. The van der Waals surface area contributed by atoms with Crippen LogP contribution in [0, 0.1) is 0 Å². The van der Waals surface area contributed by atoms with Gasteiger partial charge in [0.05, 0.1) is 6.10 Å². The van der Waals surface area contributed by atoms with E-state index in [0.717, 1.165) is 19.3 Å². The Kier molecular flexibility index (Phi) is 7.59. The highest BCUT2D eigenvalue weighted by molar-refractivity contribution is 4.71. The van der Waals surface area contributed by atoms with Gasteiger partial charge in [0.2, 0.25) is 0 Å². The Morgan fingerprint density at radius 3 is 2.64 bits per heavy atom. The topological polar surface area (TPSA) is 20.2 Å². The van der Waals surface area contributed by atoms with Crippen LogP contribution in [0.1, 0.15) is 45.4 Å². The quantitative estimate of drug-likeness (QED) is 0.444. The smallest absolute Gasteiger partial charge is 0.0574 e. The SMILES string of the molecule is C=CC[C@@H](O)CCCCCC. The molecule has 0 aliphatic rings. The normalized spacial score (nSPS) is 12.9. The van der Waals surface area contributed by atoms with E-state index in [1.165, 1.54) is 19.3 Å². The number of rotatable bonds is 7. The van der Waals surface area contributed by atoms with Crippen molar-refractivity contribution < 1.29 is 5.11 Å². The maximum Gasteiger partial charge on any atom is 0.0574 e. The fourth-order valence-corrected chi connectivity index (χ4v) is 1.12. The largest absolute Gasteiger partial charge is 0.393 e. The Bertz CT molecular complexity index is 88.9. The summed E-state index contributed by atoms with van der Waals surface area (Å²) in [4.78, 5) is 0. The van der Waals surface area contributed by atoms with Crippen LogP contribution in [0.2, 0.25) is 0 Å². The van der Waals surface area contributed by atoms with Crippen LogP contribution in [0.25, 0.3) is 0 Å². The van der Waals surface area contributed by atoms with Gasteiger partial charge < -0.3 is 5.11 Å². The number of aliphatic hydroxyl groups excluding tert-OH is 1. The second-order valence-electron chi connectivity index (χ2n) is 3.03.